The Balaban J connectivity index is 1.05. The van der Waals surface area contributed by atoms with Gasteiger partial charge in [0.1, 0.15) is 5.52 Å². The first-order valence-corrected chi connectivity index (χ1v) is 19.3. The third-order valence-electron chi connectivity index (χ3n) is 11.0. The third-order valence-corrected chi connectivity index (χ3v) is 11.0. The SMILES string of the molecule is c1ccc(-c2ccc(N(c3ccc(-c4cc5oc(-c6ccccc6)nc5c5ccccc45)cc3)c3ccc4c(c3)c3ccccc3n4-c3ccccc3)cc2)cc1. The predicted octanol–water partition coefficient (Wildman–Crippen LogP) is 14.5. The van der Waals surface area contributed by atoms with E-state index in [-0.39, 0.29) is 0 Å². The summed E-state index contributed by atoms with van der Waals surface area (Å²) in [5, 5.41) is 4.64. The Kier molecular flexibility index (Phi) is 7.78. The first-order chi connectivity index (χ1) is 28.3. The number of nitrogens with zero attached hydrogens (tertiary/aromatic N) is 3. The van der Waals surface area contributed by atoms with Crippen molar-refractivity contribution in [2.24, 2.45) is 0 Å². The number of aromatic nitrogens is 2. The maximum atomic E-state index is 6.42. The summed E-state index contributed by atoms with van der Waals surface area (Å²) in [6.45, 7) is 0. The molecule has 0 fully saturated rings. The summed E-state index contributed by atoms with van der Waals surface area (Å²) < 4.78 is 8.78. The van der Waals surface area contributed by atoms with E-state index in [1.807, 2.05) is 30.3 Å². The highest BCUT2D eigenvalue weighted by Gasteiger charge is 2.19. The summed E-state index contributed by atoms with van der Waals surface area (Å²) in [6, 6.07) is 75.2. The smallest absolute Gasteiger partial charge is 0.227 e. The van der Waals surface area contributed by atoms with Gasteiger partial charge in [-0.3, -0.25) is 0 Å². The van der Waals surface area contributed by atoms with Gasteiger partial charge in [0.15, 0.2) is 5.58 Å². The highest BCUT2D eigenvalue weighted by atomic mass is 16.3. The zero-order valence-corrected chi connectivity index (χ0v) is 31.0. The van der Waals surface area contributed by atoms with E-state index in [1.165, 1.54) is 32.9 Å². The van der Waals surface area contributed by atoms with E-state index in [4.69, 9.17) is 9.40 Å². The lowest BCUT2D eigenvalue weighted by atomic mass is 9.97. The van der Waals surface area contributed by atoms with Crippen LogP contribution in [0.3, 0.4) is 0 Å². The topological polar surface area (TPSA) is 34.2 Å². The molecule has 0 saturated heterocycles. The van der Waals surface area contributed by atoms with Crippen LogP contribution in [0.2, 0.25) is 0 Å². The van der Waals surface area contributed by atoms with Crippen LogP contribution in [-0.4, -0.2) is 9.55 Å². The van der Waals surface area contributed by atoms with Crippen LogP contribution in [0.4, 0.5) is 17.1 Å². The summed E-state index contributed by atoms with van der Waals surface area (Å²) in [6.07, 6.45) is 0. The van der Waals surface area contributed by atoms with Crippen LogP contribution in [-0.2, 0) is 0 Å². The van der Waals surface area contributed by atoms with Gasteiger partial charge < -0.3 is 13.9 Å². The minimum absolute atomic E-state index is 0.626. The number of oxazole rings is 1. The second-order valence-electron chi connectivity index (χ2n) is 14.4. The van der Waals surface area contributed by atoms with Crippen molar-refractivity contribution in [2.45, 2.75) is 0 Å². The molecule has 4 nitrogen and oxygen atoms in total. The van der Waals surface area contributed by atoms with E-state index in [0.717, 1.165) is 61.3 Å². The summed E-state index contributed by atoms with van der Waals surface area (Å²) in [7, 11) is 0. The number of para-hydroxylation sites is 2. The number of hydrogen-bond acceptors (Lipinski definition) is 3. The molecule has 0 spiro atoms. The summed E-state index contributed by atoms with van der Waals surface area (Å²) >= 11 is 0. The normalized spacial score (nSPS) is 11.5. The summed E-state index contributed by atoms with van der Waals surface area (Å²) in [5.74, 6) is 0.626. The number of fused-ring (bicyclic) bond motifs is 6. The van der Waals surface area contributed by atoms with Gasteiger partial charge in [0.05, 0.1) is 11.0 Å². The Morgan fingerprint density at radius 1 is 0.386 bits per heavy atom. The Morgan fingerprint density at radius 3 is 1.61 bits per heavy atom. The quantitative estimate of drug-likeness (QED) is 0.164. The Hall–Kier alpha value is -7.69. The zero-order valence-electron chi connectivity index (χ0n) is 31.0. The maximum Gasteiger partial charge on any atom is 0.227 e. The first kappa shape index (κ1) is 32.7. The molecule has 2 aromatic heterocycles. The average Bonchev–Trinajstić information content (AvgIpc) is 3.87. The molecule has 2 heterocycles. The van der Waals surface area contributed by atoms with Gasteiger partial charge in [-0.1, -0.05) is 133 Å². The molecule has 0 aliphatic heterocycles. The number of benzene rings is 9. The minimum Gasteiger partial charge on any atom is -0.436 e. The van der Waals surface area contributed by atoms with Crippen LogP contribution in [0, 0.1) is 0 Å². The van der Waals surface area contributed by atoms with Gasteiger partial charge in [0, 0.05) is 44.5 Å². The van der Waals surface area contributed by atoms with Crippen LogP contribution in [0.5, 0.6) is 0 Å². The fourth-order valence-corrected chi connectivity index (χ4v) is 8.33. The lowest BCUT2D eigenvalue weighted by molar-refractivity contribution is 0.620. The van der Waals surface area contributed by atoms with Crippen molar-refractivity contribution in [3.63, 3.8) is 0 Å². The highest BCUT2D eigenvalue weighted by molar-refractivity contribution is 6.12. The first-order valence-electron chi connectivity index (χ1n) is 19.3. The van der Waals surface area contributed by atoms with Crippen molar-refractivity contribution < 1.29 is 4.42 Å². The molecule has 0 unspecified atom stereocenters. The third kappa shape index (κ3) is 5.66. The molecular formula is C53H35N3O. The highest BCUT2D eigenvalue weighted by Crippen LogP contribution is 2.42. The van der Waals surface area contributed by atoms with Crippen LogP contribution >= 0.6 is 0 Å². The van der Waals surface area contributed by atoms with Gasteiger partial charge in [-0.2, -0.15) is 0 Å². The molecule has 0 radical (unpaired) electrons. The zero-order chi connectivity index (χ0) is 37.7. The summed E-state index contributed by atoms with van der Waals surface area (Å²) in [4.78, 5) is 7.32. The molecule has 4 heteroatoms. The largest absolute Gasteiger partial charge is 0.436 e. The maximum absolute atomic E-state index is 6.42. The second kappa shape index (κ2) is 13.6. The molecule has 0 N–H and O–H groups in total. The van der Waals surface area contributed by atoms with Gasteiger partial charge in [-0.15, -0.1) is 0 Å². The van der Waals surface area contributed by atoms with Crippen molar-refractivity contribution in [3.8, 4) is 39.4 Å². The van der Waals surface area contributed by atoms with Crippen LogP contribution in [0.25, 0.3) is 83.1 Å². The fraction of sp³-hybridized carbons (Fsp3) is 0. The summed E-state index contributed by atoms with van der Waals surface area (Å²) in [5.41, 5.74) is 13.9. The molecule has 268 valence electrons. The monoisotopic (exact) mass is 729 g/mol. The van der Waals surface area contributed by atoms with Crippen LogP contribution in [0.1, 0.15) is 0 Å². The Bertz CT molecular complexity index is 3200. The lowest BCUT2D eigenvalue weighted by Gasteiger charge is -2.26. The average molecular weight is 730 g/mol. The van der Waals surface area contributed by atoms with Crippen molar-refractivity contribution in [3.05, 3.63) is 212 Å². The van der Waals surface area contributed by atoms with Gasteiger partial charge >= 0.3 is 0 Å². The molecule has 11 aromatic rings. The molecular weight excluding hydrogens is 695 g/mol. The van der Waals surface area contributed by atoms with E-state index in [0.29, 0.717) is 5.89 Å². The van der Waals surface area contributed by atoms with E-state index in [2.05, 4.69) is 191 Å². The molecule has 0 aliphatic rings. The molecule has 0 amide bonds. The van der Waals surface area contributed by atoms with Crippen LogP contribution in [0.15, 0.2) is 217 Å². The number of rotatable bonds is 7. The van der Waals surface area contributed by atoms with Gasteiger partial charge in [-0.25, -0.2) is 4.98 Å². The standard InChI is InChI=1S/C53H35N3O/c1-4-14-36(15-5-1)37-24-28-41(29-25-37)55(43-32-33-50-48(34-43)45-21-12-13-23-49(45)56(50)40-18-8-3-9-19-40)42-30-26-38(27-31-42)47-35-51-52(46-22-11-10-20-44(46)47)54-53(57-51)39-16-6-2-7-17-39/h1-35H. The second-order valence-corrected chi connectivity index (χ2v) is 14.4. The molecule has 11 rings (SSSR count). The van der Waals surface area contributed by atoms with E-state index >= 15 is 0 Å². The Labute approximate surface area is 330 Å². The molecule has 0 atom stereocenters. The van der Waals surface area contributed by atoms with Crippen molar-refractivity contribution in [1.82, 2.24) is 9.55 Å². The number of anilines is 3. The number of hydrogen-bond donors (Lipinski definition) is 0. The molecule has 9 aromatic carbocycles. The minimum atomic E-state index is 0.626. The lowest BCUT2D eigenvalue weighted by Crippen LogP contribution is -2.10. The van der Waals surface area contributed by atoms with E-state index in [9.17, 15) is 0 Å². The molecule has 0 saturated carbocycles. The van der Waals surface area contributed by atoms with E-state index in [1.54, 1.807) is 0 Å². The fourth-order valence-electron chi connectivity index (χ4n) is 8.33. The van der Waals surface area contributed by atoms with Gasteiger partial charge in [0.2, 0.25) is 5.89 Å². The molecule has 57 heavy (non-hydrogen) atoms. The van der Waals surface area contributed by atoms with Crippen molar-refractivity contribution >= 4 is 60.7 Å². The van der Waals surface area contributed by atoms with Gasteiger partial charge in [-0.05, 0) is 107 Å². The van der Waals surface area contributed by atoms with Gasteiger partial charge in [0.25, 0.3) is 0 Å². The van der Waals surface area contributed by atoms with E-state index < -0.39 is 0 Å². The van der Waals surface area contributed by atoms with Crippen molar-refractivity contribution in [1.29, 1.82) is 0 Å². The predicted molar refractivity (Wildman–Crippen MR) is 237 cm³/mol. The van der Waals surface area contributed by atoms with Crippen LogP contribution < -0.4 is 4.90 Å². The Morgan fingerprint density at radius 2 is 0.912 bits per heavy atom. The molecule has 0 aliphatic carbocycles. The molecule has 0 bridgehead atoms. The van der Waals surface area contributed by atoms with Crippen molar-refractivity contribution in [2.75, 3.05) is 4.90 Å².